The summed E-state index contributed by atoms with van der Waals surface area (Å²) in [6.45, 7) is 1.80. The molecule has 0 saturated heterocycles. The molecule has 0 heterocycles. The zero-order valence-electron chi connectivity index (χ0n) is 14.7. The van der Waals surface area contributed by atoms with E-state index in [1.807, 2.05) is 37.3 Å². The number of carbonyl (C=O) groups is 2. The number of amides is 1. The van der Waals surface area contributed by atoms with Gasteiger partial charge >= 0.3 is 0 Å². The molecule has 0 bridgehead atoms. The van der Waals surface area contributed by atoms with Gasteiger partial charge in [-0.2, -0.15) is 0 Å². The number of halogens is 1. The van der Waals surface area contributed by atoms with E-state index >= 15 is 0 Å². The molecule has 0 aliphatic heterocycles. The van der Waals surface area contributed by atoms with Crippen molar-refractivity contribution in [1.29, 1.82) is 0 Å². The second kappa shape index (κ2) is 8.64. The molecule has 3 aromatic rings. The van der Waals surface area contributed by atoms with Crippen molar-refractivity contribution in [3.63, 3.8) is 0 Å². The van der Waals surface area contributed by atoms with Crippen molar-refractivity contribution < 1.29 is 14.3 Å². The van der Waals surface area contributed by atoms with E-state index in [1.165, 1.54) is 0 Å². The molecule has 0 radical (unpaired) electrons. The minimum atomic E-state index is -0.330. The van der Waals surface area contributed by atoms with Gasteiger partial charge in [0.2, 0.25) is 0 Å². The Bertz CT molecular complexity index is 970. The van der Waals surface area contributed by atoms with Crippen molar-refractivity contribution in [2.75, 3.05) is 11.9 Å². The molecule has 3 aromatic carbocycles. The highest BCUT2D eigenvalue weighted by molar-refractivity contribution is 9.10. The second-order valence-corrected chi connectivity index (χ2v) is 6.84. The number of nitrogens with one attached hydrogen (secondary N) is 1. The maximum atomic E-state index is 12.7. The molecule has 0 aliphatic rings. The first-order valence-corrected chi connectivity index (χ1v) is 9.21. The van der Waals surface area contributed by atoms with Crippen LogP contribution in [0.3, 0.4) is 0 Å². The first-order valence-electron chi connectivity index (χ1n) is 8.42. The van der Waals surface area contributed by atoms with Crippen LogP contribution in [0.4, 0.5) is 5.69 Å². The van der Waals surface area contributed by atoms with Crippen molar-refractivity contribution in [2.24, 2.45) is 0 Å². The average molecular weight is 424 g/mol. The van der Waals surface area contributed by atoms with Crippen LogP contribution in [0.2, 0.25) is 0 Å². The van der Waals surface area contributed by atoms with E-state index in [4.69, 9.17) is 4.74 Å². The van der Waals surface area contributed by atoms with Gasteiger partial charge in [0.15, 0.2) is 12.4 Å². The maximum absolute atomic E-state index is 12.7. The molecule has 0 spiro atoms. The summed E-state index contributed by atoms with van der Waals surface area (Å²) in [5, 5.41) is 2.76. The van der Waals surface area contributed by atoms with Crippen molar-refractivity contribution in [1.82, 2.24) is 0 Å². The van der Waals surface area contributed by atoms with E-state index in [0.29, 0.717) is 22.6 Å². The number of hydrogen-bond donors (Lipinski definition) is 1. The van der Waals surface area contributed by atoms with Crippen molar-refractivity contribution in [3.05, 3.63) is 94.0 Å². The van der Waals surface area contributed by atoms with E-state index < -0.39 is 0 Å². The van der Waals surface area contributed by atoms with Crippen LogP contribution in [0, 0.1) is 6.92 Å². The Balaban J connectivity index is 1.69. The summed E-state index contributed by atoms with van der Waals surface area (Å²) in [4.78, 5) is 25.0. The summed E-state index contributed by atoms with van der Waals surface area (Å²) in [6, 6.07) is 21.4. The lowest BCUT2D eigenvalue weighted by Gasteiger charge is -2.12. The largest absolute Gasteiger partial charge is 0.484 e. The lowest BCUT2D eigenvalue weighted by Crippen LogP contribution is -2.21. The molecule has 0 fully saturated rings. The Kier molecular flexibility index (Phi) is 6.04. The van der Waals surface area contributed by atoms with Gasteiger partial charge in [-0.25, -0.2) is 0 Å². The number of ether oxygens (including phenoxy) is 1. The third-order valence-corrected chi connectivity index (χ3v) is 4.87. The standard InChI is InChI=1S/C22H18BrNO3/c1-15-13-17(11-12-19(15)23)27-14-21(25)24-20-10-6-5-9-18(20)22(26)16-7-3-2-4-8-16/h2-13H,14H2,1H3,(H,24,25). The Morgan fingerprint density at radius 2 is 1.67 bits per heavy atom. The first kappa shape index (κ1) is 18.9. The zero-order valence-corrected chi connectivity index (χ0v) is 16.3. The van der Waals surface area contributed by atoms with Gasteiger partial charge in [0.25, 0.3) is 5.91 Å². The van der Waals surface area contributed by atoms with Gasteiger partial charge in [-0.3, -0.25) is 9.59 Å². The van der Waals surface area contributed by atoms with Gasteiger partial charge in [-0.15, -0.1) is 0 Å². The smallest absolute Gasteiger partial charge is 0.262 e. The number of aryl methyl sites for hydroxylation is 1. The van der Waals surface area contributed by atoms with Crippen molar-refractivity contribution in [3.8, 4) is 5.75 Å². The highest BCUT2D eigenvalue weighted by Crippen LogP contribution is 2.22. The fraction of sp³-hybridized carbons (Fsp3) is 0.0909. The van der Waals surface area contributed by atoms with Crippen molar-refractivity contribution >= 4 is 33.3 Å². The monoisotopic (exact) mass is 423 g/mol. The van der Waals surface area contributed by atoms with Crippen LogP contribution in [-0.4, -0.2) is 18.3 Å². The minimum absolute atomic E-state index is 0.143. The van der Waals surface area contributed by atoms with Gasteiger partial charge in [-0.05, 0) is 42.8 Å². The predicted molar refractivity (Wildman–Crippen MR) is 109 cm³/mol. The topological polar surface area (TPSA) is 55.4 Å². The van der Waals surface area contributed by atoms with Crippen LogP contribution >= 0.6 is 15.9 Å². The summed E-state index contributed by atoms with van der Waals surface area (Å²) in [6.07, 6.45) is 0. The van der Waals surface area contributed by atoms with Crippen LogP contribution in [-0.2, 0) is 4.79 Å². The van der Waals surface area contributed by atoms with Crippen molar-refractivity contribution in [2.45, 2.75) is 6.92 Å². The zero-order chi connectivity index (χ0) is 19.2. The van der Waals surface area contributed by atoms with Gasteiger partial charge in [-0.1, -0.05) is 58.4 Å². The van der Waals surface area contributed by atoms with Crippen LogP contribution in [0.5, 0.6) is 5.75 Å². The van der Waals surface area contributed by atoms with Crippen LogP contribution in [0.15, 0.2) is 77.3 Å². The molecule has 0 unspecified atom stereocenters. The number of para-hydroxylation sites is 1. The Hall–Kier alpha value is -2.92. The fourth-order valence-electron chi connectivity index (χ4n) is 2.58. The molecule has 1 N–H and O–H groups in total. The van der Waals surface area contributed by atoms with E-state index in [0.717, 1.165) is 10.0 Å². The first-order chi connectivity index (χ1) is 13.0. The lowest BCUT2D eigenvalue weighted by molar-refractivity contribution is -0.118. The molecule has 0 aromatic heterocycles. The van der Waals surface area contributed by atoms with Gasteiger partial charge in [0, 0.05) is 15.6 Å². The lowest BCUT2D eigenvalue weighted by atomic mass is 10.0. The molecule has 0 aliphatic carbocycles. The number of rotatable bonds is 6. The Morgan fingerprint density at radius 3 is 2.41 bits per heavy atom. The molecule has 1 amide bonds. The molecule has 136 valence electrons. The maximum Gasteiger partial charge on any atom is 0.262 e. The molecule has 3 rings (SSSR count). The molecule has 0 atom stereocenters. The second-order valence-electron chi connectivity index (χ2n) is 5.99. The van der Waals surface area contributed by atoms with Crippen LogP contribution in [0.1, 0.15) is 21.5 Å². The Morgan fingerprint density at radius 1 is 0.963 bits per heavy atom. The SMILES string of the molecule is Cc1cc(OCC(=O)Nc2ccccc2C(=O)c2ccccc2)ccc1Br. The van der Waals surface area contributed by atoms with E-state index in [9.17, 15) is 9.59 Å². The summed E-state index contributed by atoms with van der Waals surface area (Å²) >= 11 is 3.43. The van der Waals surface area contributed by atoms with E-state index in [1.54, 1.807) is 42.5 Å². The summed E-state index contributed by atoms with van der Waals surface area (Å²) in [7, 11) is 0. The van der Waals surface area contributed by atoms with Gasteiger partial charge in [0.1, 0.15) is 5.75 Å². The summed E-state index contributed by atoms with van der Waals surface area (Å²) in [5.41, 5.74) is 2.50. The molecule has 4 nitrogen and oxygen atoms in total. The number of anilines is 1. The highest BCUT2D eigenvalue weighted by Gasteiger charge is 2.15. The fourth-order valence-corrected chi connectivity index (χ4v) is 2.82. The number of benzene rings is 3. The molecular weight excluding hydrogens is 406 g/mol. The average Bonchev–Trinajstić information content (AvgIpc) is 2.69. The predicted octanol–water partition coefficient (Wildman–Crippen LogP) is 5.01. The van der Waals surface area contributed by atoms with Crippen LogP contribution in [0.25, 0.3) is 0 Å². The molecule has 5 heteroatoms. The molecule has 27 heavy (non-hydrogen) atoms. The van der Waals surface area contributed by atoms with Gasteiger partial charge < -0.3 is 10.1 Å². The normalized spacial score (nSPS) is 10.3. The van der Waals surface area contributed by atoms with Crippen LogP contribution < -0.4 is 10.1 Å². The number of hydrogen-bond acceptors (Lipinski definition) is 3. The summed E-state index contributed by atoms with van der Waals surface area (Å²) in [5.74, 6) is 0.138. The van der Waals surface area contributed by atoms with E-state index in [2.05, 4.69) is 21.2 Å². The summed E-state index contributed by atoms with van der Waals surface area (Å²) < 4.78 is 6.52. The van der Waals surface area contributed by atoms with Gasteiger partial charge in [0.05, 0.1) is 5.69 Å². The molecule has 0 saturated carbocycles. The number of carbonyl (C=O) groups excluding carboxylic acids is 2. The third kappa shape index (κ3) is 4.83. The number of ketones is 1. The third-order valence-electron chi connectivity index (χ3n) is 3.98. The molecular formula is C22H18BrNO3. The highest BCUT2D eigenvalue weighted by atomic mass is 79.9. The quantitative estimate of drug-likeness (QED) is 0.567. The minimum Gasteiger partial charge on any atom is -0.484 e. The Labute approximate surface area is 166 Å². The van der Waals surface area contributed by atoms with E-state index in [-0.39, 0.29) is 18.3 Å².